The standard InChI is InChI=1S/C25H28N4O4S2/c1-17-10-14-35-24(17)20-15-19(22-9-6-13-34-22)27-29(20)23(30)16-28(11-12-32-2)25(31)26-18-7-4-5-8-21(18)33-3/h4-10,13-14,20H,11-12,15-16H2,1-3H3,(H,26,31)/t20-/m0/s1. The first kappa shape index (κ1) is 24.9. The summed E-state index contributed by atoms with van der Waals surface area (Å²) in [5, 5.41) is 13.1. The Kier molecular flexibility index (Phi) is 8.17. The molecule has 0 spiro atoms. The van der Waals surface area contributed by atoms with Crippen molar-refractivity contribution in [1.82, 2.24) is 9.91 Å². The van der Waals surface area contributed by atoms with Gasteiger partial charge in [-0.1, -0.05) is 18.2 Å². The van der Waals surface area contributed by atoms with Gasteiger partial charge in [-0.3, -0.25) is 4.79 Å². The number of nitrogens with one attached hydrogen (secondary N) is 1. The van der Waals surface area contributed by atoms with E-state index in [0.29, 0.717) is 24.5 Å². The van der Waals surface area contributed by atoms with Gasteiger partial charge in [0.1, 0.15) is 12.3 Å². The number of methoxy groups -OCH3 is 2. The van der Waals surface area contributed by atoms with Crippen molar-refractivity contribution < 1.29 is 19.1 Å². The summed E-state index contributed by atoms with van der Waals surface area (Å²) >= 11 is 3.23. The lowest BCUT2D eigenvalue weighted by atomic mass is 10.1. The molecule has 1 aliphatic rings. The summed E-state index contributed by atoms with van der Waals surface area (Å²) in [5.74, 6) is 0.289. The van der Waals surface area contributed by atoms with Gasteiger partial charge in [-0.15, -0.1) is 22.7 Å². The fourth-order valence-electron chi connectivity index (χ4n) is 3.89. The molecule has 3 amide bonds. The quantitative estimate of drug-likeness (QED) is 0.438. The number of carbonyl (C=O) groups is 2. The van der Waals surface area contributed by atoms with Gasteiger partial charge in [-0.05, 0) is 47.5 Å². The summed E-state index contributed by atoms with van der Waals surface area (Å²) in [4.78, 5) is 30.3. The molecule has 0 saturated carbocycles. The number of hydrogen-bond acceptors (Lipinski definition) is 7. The van der Waals surface area contributed by atoms with Crippen LogP contribution in [0.2, 0.25) is 0 Å². The maximum Gasteiger partial charge on any atom is 0.322 e. The van der Waals surface area contributed by atoms with Gasteiger partial charge in [0.05, 0.1) is 36.0 Å². The van der Waals surface area contributed by atoms with E-state index in [0.717, 1.165) is 21.0 Å². The van der Waals surface area contributed by atoms with Crippen molar-refractivity contribution in [2.75, 3.05) is 39.2 Å². The molecule has 1 aliphatic heterocycles. The van der Waals surface area contributed by atoms with Gasteiger partial charge < -0.3 is 19.7 Å². The second-order valence-electron chi connectivity index (χ2n) is 7.99. The van der Waals surface area contributed by atoms with Gasteiger partial charge in [0.25, 0.3) is 5.91 Å². The van der Waals surface area contributed by atoms with E-state index in [1.165, 1.54) is 4.90 Å². The third-order valence-electron chi connectivity index (χ3n) is 5.70. The monoisotopic (exact) mass is 512 g/mol. The van der Waals surface area contributed by atoms with Gasteiger partial charge in [0.15, 0.2) is 0 Å². The van der Waals surface area contributed by atoms with Crippen molar-refractivity contribution in [2.45, 2.75) is 19.4 Å². The third-order valence-corrected chi connectivity index (χ3v) is 7.74. The van der Waals surface area contributed by atoms with Crippen molar-refractivity contribution in [2.24, 2.45) is 5.10 Å². The van der Waals surface area contributed by atoms with Gasteiger partial charge in [-0.25, -0.2) is 9.80 Å². The van der Waals surface area contributed by atoms with Crippen LogP contribution in [0.15, 0.2) is 58.3 Å². The summed E-state index contributed by atoms with van der Waals surface area (Å²) < 4.78 is 10.5. The fraction of sp³-hybridized carbons (Fsp3) is 0.320. The first-order valence-corrected chi connectivity index (χ1v) is 12.9. The molecule has 10 heteroatoms. The number of ether oxygens (including phenoxy) is 2. The van der Waals surface area contributed by atoms with Gasteiger partial charge in [-0.2, -0.15) is 5.10 Å². The Bertz CT molecular complexity index is 1190. The zero-order valence-corrected chi connectivity index (χ0v) is 21.5. The normalized spacial score (nSPS) is 15.1. The minimum absolute atomic E-state index is 0.132. The molecular formula is C25H28N4O4S2. The van der Waals surface area contributed by atoms with E-state index < -0.39 is 6.03 Å². The van der Waals surface area contributed by atoms with E-state index in [4.69, 9.17) is 14.6 Å². The maximum absolute atomic E-state index is 13.6. The molecule has 0 aliphatic carbocycles. The molecular weight excluding hydrogens is 484 g/mol. The molecule has 0 bridgehead atoms. The number of hydrogen-bond donors (Lipinski definition) is 1. The molecule has 1 atom stereocenters. The number of benzene rings is 1. The summed E-state index contributed by atoms with van der Waals surface area (Å²) in [6.45, 7) is 2.46. The van der Waals surface area contributed by atoms with Crippen LogP contribution in [0.4, 0.5) is 10.5 Å². The second kappa shape index (κ2) is 11.5. The number of amides is 3. The van der Waals surface area contributed by atoms with Gasteiger partial charge in [0.2, 0.25) is 0 Å². The molecule has 8 nitrogen and oxygen atoms in total. The fourth-order valence-corrected chi connectivity index (χ4v) is 5.63. The maximum atomic E-state index is 13.6. The average Bonchev–Trinajstić information content (AvgIpc) is 3.62. The van der Waals surface area contributed by atoms with Crippen LogP contribution in [0.25, 0.3) is 0 Å². The van der Waals surface area contributed by atoms with Crippen LogP contribution >= 0.6 is 22.7 Å². The highest BCUT2D eigenvalue weighted by Gasteiger charge is 2.36. The highest BCUT2D eigenvalue weighted by molar-refractivity contribution is 7.12. The number of urea groups is 1. The highest BCUT2D eigenvalue weighted by atomic mass is 32.1. The Labute approximate surface area is 212 Å². The Morgan fingerprint density at radius 1 is 1.14 bits per heavy atom. The molecule has 184 valence electrons. The number of rotatable bonds is 9. The summed E-state index contributed by atoms with van der Waals surface area (Å²) in [6, 6.07) is 12.6. The third kappa shape index (κ3) is 5.72. The number of carbonyl (C=O) groups excluding carboxylic acids is 2. The number of nitrogens with zero attached hydrogens (tertiary/aromatic N) is 3. The molecule has 0 unspecified atom stereocenters. The molecule has 0 saturated heterocycles. The highest BCUT2D eigenvalue weighted by Crippen LogP contribution is 2.38. The van der Waals surface area contributed by atoms with Crippen molar-refractivity contribution in [1.29, 1.82) is 0 Å². The molecule has 2 aromatic heterocycles. The molecule has 0 fully saturated rings. The Morgan fingerprint density at radius 3 is 2.66 bits per heavy atom. The minimum Gasteiger partial charge on any atom is -0.495 e. The molecule has 1 N–H and O–H groups in total. The van der Waals surface area contributed by atoms with Crippen LogP contribution in [-0.2, 0) is 9.53 Å². The van der Waals surface area contributed by atoms with Crippen LogP contribution in [0, 0.1) is 6.92 Å². The van der Waals surface area contributed by atoms with Crippen molar-refractivity contribution in [3.63, 3.8) is 0 Å². The Balaban J connectivity index is 1.56. The lowest BCUT2D eigenvalue weighted by molar-refractivity contribution is -0.133. The van der Waals surface area contributed by atoms with E-state index >= 15 is 0 Å². The number of hydrazone groups is 1. The van der Waals surface area contributed by atoms with Crippen molar-refractivity contribution >= 4 is 46.0 Å². The largest absolute Gasteiger partial charge is 0.495 e. The van der Waals surface area contributed by atoms with E-state index in [9.17, 15) is 9.59 Å². The molecule has 35 heavy (non-hydrogen) atoms. The zero-order chi connectivity index (χ0) is 24.8. The molecule has 3 heterocycles. The Morgan fingerprint density at radius 2 is 1.97 bits per heavy atom. The molecule has 3 aromatic rings. The number of anilines is 1. The number of thiophene rings is 2. The first-order valence-electron chi connectivity index (χ1n) is 11.2. The molecule has 0 radical (unpaired) electrons. The SMILES string of the molecule is COCCN(CC(=O)N1N=C(c2cccs2)C[C@H]1c1sccc1C)C(=O)Nc1ccccc1OC. The van der Waals surface area contributed by atoms with Crippen molar-refractivity contribution in [3.8, 4) is 5.75 Å². The summed E-state index contributed by atoms with van der Waals surface area (Å²) in [6.07, 6.45) is 0.638. The summed E-state index contributed by atoms with van der Waals surface area (Å²) in [7, 11) is 3.10. The minimum atomic E-state index is -0.412. The number of para-hydroxylation sites is 2. The topological polar surface area (TPSA) is 83.5 Å². The smallest absolute Gasteiger partial charge is 0.322 e. The van der Waals surface area contributed by atoms with E-state index in [-0.39, 0.29) is 25.0 Å². The number of aryl methyl sites for hydroxylation is 1. The van der Waals surface area contributed by atoms with E-state index in [1.807, 2.05) is 41.9 Å². The predicted molar refractivity (Wildman–Crippen MR) is 140 cm³/mol. The lowest BCUT2D eigenvalue weighted by Crippen LogP contribution is -2.44. The van der Waals surface area contributed by atoms with Gasteiger partial charge >= 0.3 is 6.03 Å². The van der Waals surface area contributed by atoms with E-state index in [2.05, 4.69) is 11.4 Å². The first-order chi connectivity index (χ1) is 17.0. The molecule has 1 aromatic carbocycles. The second-order valence-corrected chi connectivity index (χ2v) is 9.89. The molecule has 4 rings (SSSR count). The average molecular weight is 513 g/mol. The summed E-state index contributed by atoms with van der Waals surface area (Å²) in [5.41, 5.74) is 2.54. The van der Waals surface area contributed by atoms with Crippen LogP contribution in [-0.4, -0.2) is 61.5 Å². The van der Waals surface area contributed by atoms with Crippen LogP contribution in [0.5, 0.6) is 5.75 Å². The Hall–Kier alpha value is -3.21. The predicted octanol–water partition coefficient (Wildman–Crippen LogP) is 4.98. The van der Waals surface area contributed by atoms with Crippen LogP contribution < -0.4 is 10.1 Å². The van der Waals surface area contributed by atoms with Crippen LogP contribution in [0.1, 0.15) is 27.8 Å². The van der Waals surface area contributed by atoms with Crippen LogP contribution in [0.3, 0.4) is 0 Å². The van der Waals surface area contributed by atoms with E-state index in [1.54, 1.807) is 54.0 Å². The lowest BCUT2D eigenvalue weighted by Gasteiger charge is -2.27. The zero-order valence-electron chi connectivity index (χ0n) is 19.9. The van der Waals surface area contributed by atoms with Gasteiger partial charge in [0, 0.05) is 25.0 Å². The van der Waals surface area contributed by atoms with Crippen molar-refractivity contribution in [3.05, 3.63) is 68.5 Å².